The molecular weight excluding hydrogens is 286 g/mol. The predicted octanol–water partition coefficient (Wildman–Crippen LogP) is 1.94. The number of ether oxygens (including phenoxy) is 1. The lowest BCUT2D eigenvalue weighted by atomic mass is 10.1. The maximum atomic E-state index is 11.6. The molecule has 118 valence electrons. The standard InChI is InChI=1S/C13H19N7O2/c1-20-6-9(8-2-3-8)10(7-22-11(15)4-5-14)12(20)17-13(21)18-19-16/h4-6,8,15H,2-3,7,14H2,1H3,(H3,16,17,18,21)/b5-4-,15-11?. The average molecular weight is 305 g/mol. The topological polar surface area (TPSA) is 141 Å². The Balaban J connectivity index is 2.21. The second-order valence-corrected chi connectivity index (χ2v) is 4.99. The van der Waals surface area contributed by atoms with Crippen LogP contribution in [0, 0.1) is 10.9 Å². The Labute approximate surface area is 127 Å². The lowest BCUT2D eigenvalue weighted by molar-refractivity contribution is 0.251. The van der Waals surface area contributed by atoms with Gasteiger partial charge < -0.3 is 15.0 Å². The number of hydrogen-bond donors (Lipinski definition) is 5. The van der Waals surface area contributed by atoms with Crippen LogP contribution in [0.2, 0.25) is 0 Å². The number of nitrogens with one attached hydrogen (secondary N) is 4. The summed E-state index contributed by atoms with van der Waals surface area (Å²) in [7, 11) is 1.81. The van der Waals surface area contributed by atoms with Gasteiger partial charge in [-0.05, 0) is 30.5 Å². The van der Waals surface area contributed by atoms with Crippen molar-refractivity contribution in [1.82, 2.24) is 9.99 Å². The molecule has 9 heteroatoms. The molecule has 0 bridgehead atoms. The van der Waals surface area contributed by atoms with Crippen LogP contribution in [0.25, 0.3) is 0 Å². The molecule has 6 N–H and O–H groups in total. The number of urea groups is 1. The van der Waals surface area contributed by atoms with Gasteiger partial charge in [-0.15, -0.1) is 0 Å². The van der Waals surface area contributed by atoms with Crippen molar-refractivity contribution < 1.29 is 9.53 Å². The van der Waals surface area contributed by atoms with E-state index in [1.807, 2.05) is 18.7 Å². The average Bonchev–Trinajstić information content (AvgIpc) is 3.25. The summed E-state index contributed by atoms with van der Waals surface area (Å²) in [6, 6.07) is -0.600. The first-order valence-electron chi connectivity index (χ1n) is 6.78. The van der Waals surface area contributed by atoms with E-state index in [9.17, 15) is 4.79 Å². The maximum Gasteiger partial charge on any atom is 0.342 e. The highest BCUT2D eigenvalue weighted by Gasteiger charge is 2.30. The van der Waals surface area contributed by atoms with Crippen molar-refractivity contribution in [2.24, 2.45) is 18.0 Å². The molecule has 1 saturated carbocycles. The molecule has 1 aromatic rings. The number of carbonyl (C=O) groups is 1. The molecule has 22 heavy (non-hydrogen) atoms. The van der Waals surface area contributed by atoms with Gasteiger partial charge in [0.25, 0.3) is 0 Å². The molecule has 0 saturated heterocycles. The quantitative estimate of drug-likeness (QED) is 0.237. The van der Waals surface area contributed by atoms with E-state index in [0.29, 0.717) is 11.7 Å². The van der Waals surface area contributed by atoms with Crippen LogP contribution in [0.4, 0.5) is 10.6 Å². The number of amides is 2. The summed E-state index contributed by atoms with van der Waals surface area (Å²) in [5, 5.41) is 13.1. The zero-order valence-electron chi connectivity index (χ0n) is 12.2. The third kappa shape index (κ3) is 3.62. The number of anilines is 1. The van der Waals surface area contributed by atoms with E-state index in [2.05, 4.69) is 10.5 Å². The number of hydrogen-bond acceptors (Lipinski definition) is 6. The highest BCUT2D eigenvalue weighted by Crippen LogP contribution is 2.44. The van der Waals surface area contributed by atoms with E-state index in [1.165, 1.54) is 12.3 Å². The fourth-order valence-corrected chi connectivity index (χ4v) is 2.23. The van der Waals surface area contributed by atoms with E-state index >= 15 is 0 Å². The highest BCUT2D eigenvalue weighted by molar-refractivity contribution is 5.89. The van der Waals surface area contributed by atoms with E-state index in [1.54, 1.807) is 4.57 Å². The fraction of sp³-hybridized carbons (Fsp3) is 0.385. The van der Waals surface area contributed by atoms with Gasteiger partial charge in [-0.25, -0.2) is 10.2 Å². The van der Waals surface area contributed by atoms with Crippen LogP contribution < -0.4 is 16.5 Å². The largest absolute Gasteiger partial charge is 0.473 e. The van der Waals surface area contributed by atoms with Crippen LogP contribution in [-0.4, -0.2) is 16.5 Å². The normalized spacial score (nSPS) is 13.9. The van der Waals surface area contributed by atoms with E-state index in [4.69, 9.17) is 21.4 Å². The Morgan fingerprint density at radius 2 is 2.36 bits per heavy atom. The summed E-state index contributed by atoms with van der Waals surface area (Å²) in [4.78, 5) is 11.6. The van der Waals surface area contributed by atoms with Gasteiger partial charge in [0.2, 0.25) is 5.90 Å². The molecule has 0 radical (unpaired) electrons. The van der Waals surface area contributed by atoms with Gasteiger partial charge in [0.05, 0.1) is 0 Å². The van der Waals surface area contributed by atoms with Crippen molar-refractivity contribution >= 4 is 17.7 Å². The number of aromatic nitrogens is 1. The van der Waals surface area contributed by atoms with Crippen LogP contribution >= 0.6 is 0 Å². The van der Waals surface area contributed by atoms with Crippen LogP contribution in [0.1, 0.15) is 29.9 Å². The molecule has 1 aliphatic carbocycles. The monoisotopic (exact) mass is 305 g/mol. The summed E-state index contributed by atoms with van der Waals surface area (Å²) < 4.78 is 7.14. The van der Waals surface area contributed by atoms with Gasteiger partial charge in [0.15, 0.2) is 0 Å². The Morgan fingerprint density at radius 1 is 1.64 bits per heavy atom. The van der Waals surface area contributed by atoms with Crippen molar-refractivity contribution in [2.45, 2.75) is 25.4 Å². The molecule has 2 amide bonds. The minimum atomic E-state index is -0.600. The van der Waals surface area contributed by atoms with E-state index in [-0.39, 0.29) is 12.5 Å². The second kappa shape index (κ2) is 6.74. The lowest BCUT2D eigenvalue weighted by Crippen LogP contribution is -2.25. The zero-order valence-corrected chi connectivity index (χ0v) is 12.2. The Kier molecular flexibility index (Phi) is 4.77. The van der Waals surface area contributed by atoms with Crippen LogP contribution in [0.15, 0.2) is 23.7 Å². The maximum absolute atomic E-state index is 11.6. The molecule has 1 fully saturated rings. The summed E-state index contributed by atoms with van der Waals surface area (Å²) >= 11 is 0. The lowest BCUT2D eigenvalue weighted by Gasteiger charge is -2.11. The first-order chi connectivity index (χ1) is 10.6. The third-order valence-corrected chi connectivity index (χ3v) is 3.35. The zero-order chi connectivity index (χ0) is 16.1. The summed E-state index contributed by atoms with van der Waals surface area (Å²) in [5.74, 6) is 0.973. The molecular formula is C13H19N7O2. The number of aryl methyl sites for hydroxylation is 1. The molecule has 1 aliphatic rings. The van der Waals surface area contributed by atoms with E-state index < -0.39 is 6.03 Å². The molecule has 0 aromatic carbocycles. The summed E-state index contributed by atoms with van der Waals surface area (Å²) in [6.07, 6.45) is 6.73. The smallest absolute Gasteiger partial charge is 0.342 e. The van der Waals surface area contributed by atoms with Gasteiger partial charge in [-0.1, -0.05) is 5.22 Å². The van der Waals surface area contributed by atoms with Crippen LogP contribution in [0.5, 0.6) is 0 Å². The molecule has 0 aliphatic heterocycles. The van der Waals surface area contributed by atoms with Crippen molar-refractivity contribution in [2.75, 3.05) is 5.32 Å². The fourth-order valence-electron chi connectivity index (χ4n) is 2.23. The first-order valence-corrected chi connectivity index (χ1v) is 6.78. The minimum absolute atomic E-state index is 0.0512. The first kappa shape index (κ1) is 15.5. The van der Waals surface area contributed by atoms with Crippen molar-refractivity contribution in [3.05, 3.63) is 29.6 Å². The molecule has 0 unspecified atom stereocenters. The molecule has 9 nitrogen and oxygen atoms in total. The Hall–Kier alpha value is -2.84. The SMILES string of the molecule is Cn1cc(C2CC2)c(COC(=N)/C=C\N)c1NC(=O)NN=N. The highest BCUT2D eigenvalue weighted by atomic mass is 16.5. The number of rotatable bonds is 6. The van der Waals surface area contributed by atoms with Crippen molar-refractivity contribution in [1.29, 1.82) is 10.9 Å². The van der Waals surface area contributed by atoms with Gasteiger partial charge >= 0.3 is 6.03 Å². The Morgan fingerprint density at radius 3 is 2.95 bits per heavy atom. The number of nitrogens with zero attached hydrogens (tertiary/aromatic N) is 2. The summed E-state index contributed by atoms with van der Waals surface area (Å²) in [5.41, 5.74) is 15.8. The molecule has 0 atom stereocenters. The molecule has 1 heterocycles. The molecule has 2 rings (SSSR count). The summed E-state index contributed by atoms with van der Waals surface area (Å²) in [6.45, 7) is 0.156. The second-order valence-electron chi connectivity index (χ2n) is 4.99. The van der Waals surface area contributed by atoms with Crippen molar-refractivity contribution in [3.8, 4) is 0 Å². The van der Waals surface area contributed by atoms with Gasteiger partial charge in [-0.2, -0.15) is 5.53 Å². The number of nitrogens with two attached hydrogens (primary N) is 1. The predicted molar refractivity (Wildman–Crippen MR) is 80.5 cm³/mol. The number of carbonyl (C=O) groups excluding carboxylic acids is 1. The molecule has 1 aromatic heterocycles. The van der Waals surface area contributed by atoms with Gasteiger partial charge in [0, 0.05) is 24.9 Å². The third-order valence-electron chi connectivity index (χ3n) is 3.35. The van der Waals surface area contributed by atoms with Gasteiger partial charge in [0.1, 0.15) is 12.4 Å². The van der Waals surface area contributed by atoms with Crippen molar-refractivity contribution in [3.63, 3.8) is 0 Å². The van der Waals surface area contributed by atoms with Crippen LogP contribution in [0.3, 0.4) is 0 Å². The van der Waals surface area contributed by atoms with Crippen LogP contribution in [-0.2, 0) is 18.4 Å². The van der Waals surface area contributed by atoms with Gasteiger partial charge in [-0.3, -0.25) is 10.7 Å². The Bertz CT molecular complexity index is 616. The minimum Gasteiger partial charge on any atom is -0.473 e. The van der Waals surface area contributed by atoms with E-state index in [0.717, 1.165) is 24.0 Å². The molecule has 0 spiro atoms.